The minimum atomic E-state index is -4.83. The monoisotopic (exact) mass is 747 g/mol. The molecule has 0 spiro atoms. The maximum atomic E-state index is 12.3. The fourth-order valence-electron chi connectivity index (χ4n) is 3.62. The van der Waals surface area contributed by atoms with Gasteiger partial charge in [0.1, 0.15) is 11.4 Å². The van der Waals surface area contributed by atoms with Crippen molar-refractivity contribution < 1.29 is 58.9 Å². The Labute approximate surface area is 278 Å². The number of carbonyl (C=O) groups excluding carboxylic acids is 1. The highest BCUT2D eigenvalue weighted by atomic mass is 35.5. The van der Waals surface area contributed by atoms with E-state index in [9.17, 15) is 50.2 Å². The lowest BCUT2D eigenvalue weighted by Crippen LogP contribution is -2.30. The third kappa shape index (κ3) is 11.0. The Morgan fingerprint density at radius 2 is 1.35 bits per heavy atom. The largest absolute Gasteiger partial charge is 0.505 e. The number of hydrogen-bond donors (Lipinski definition) is 5. The third-order valence-electron chi connectivity index (χ3n) is 5.99. The molecule has 1 amide bonds. The number of nitrogens with zero attached hydrogens (tertiary/aromatic N) is 4. The lowest BCUT2D eigenvalue weighted by molar-refractivity contribution is 0.0696. The Kier molecular flexibility index (Phi) is 12.7. The second kappa shape index (κ2) is 16.0. The maximum Gasteiger partial charge on any atom is 0.397 e. The summed E-state index contributed by atoms with van der Waals surface area (Å²) < 4.78 is 82.0. The fraction of sp³-hybridized carbons (Fsp3) is 0.231. The van der Waals surface area contributed by atoms with Crippen molar-refractivity contribution >= 4 is 76.3 Å². The summed E-state index contributed by atoms with van der Waals surface area (Å²) in [5.41, 5.74) is -1.58. The molecule has 0 unspecified atom stereocenters. The second-order valence-electron chi connectivity index (χ2n) is 9.40. The van der Waals surface area contributed by atoms with Crippen LogP contribution in [0.1, 0.15) is 20.7 Å². The van der Waals surface area contributed by atoms with Gasteiger partial charge in [-0.1, -0.05) is 0 Å². The van der Waals surface area contributed by atoms with Gasteiger partial charge in [-0.05, 0) is 54.6 Å². The highest BCUT2D eigenvalue weighted by molar-refractivity contribution is 7.91. The van der Waals surface area contributed by atoms with Crippen LogP contribution in [0, 0.1) is 0 Å². The van der Waals surface area contributed by atoms with Crippen molar-refractivity contribution in [1.82, 2.24) is 5.32 Å². The number of benzene rings is 3. The molecule has 0 aromatic heterocycles. The standard InChI is InChI=1S/C26H26ClN5O13S3/c27-9-12-46(38,39)13-10-28-25(35)16-1-3-17(4-2-16)30-32-23-21(33)15-20(26(36)37)22(24(23)34)31-29-18-5-7-19(8-6-18)47(40,41)14-11-45-48(42,43)44/h1-8,15,33-34H,9-14H2,(H,28,35)(H,36,37)(H,42,43,44). The average Bonchev–Trinajstić information content (AvgIpc) is 2.99. The molecule has 0 bridgehead atoms. The first-order valence-corrected chi connectivity index (χ1v) is 18.5. The summed E-state index contributed by atoms with van der Waals surface area (Å²) in [6.07, 6.45) is 0. The van der Waals surface area contributed by atoms with Gasteiger partial charge in [0.2, 0.25) is 0 Å². The highest BCUT2D eigenvalue weighted by Gasteiger charge is 2.22. The fourth-order valence-corrected chi connectivity index (χ4v) is 6.67. The molecule has 0 saturated carbocycles. The van der Waals surface area contributed by atoms with Gasteiger partial charge in [0, 0.05) is 18.0 Å². The summed E-state index contributed by atoms with van der Waals surface area (Å²) >= 11 is 5.44. The number of aromatic hydroxyl groups is 2. The summed E-state index contributed by atoms with van der Waals surface area (Å²) in [4.78, 5) is 23.8. The van der Waals surface area contributed by atoms with Crippen molar-refractivity contribution in [3.05, 3.63) is 65.7 Å². The molecule has 0 heterocycles. The van der Waals surface area contributed by atoms with Gasteiger partial charge >= 0.3 is 16.4 Å². The minimum Gasteiger partial charge on any atom is -0.505 e. The smallest absolute Gasteiger partial charge is 0.397 e. The van der Waals surface area contributed by atoms with E-state index in [0.29, 0.717) is 0 Å². The predicted octanol–water partition coefficient (Wildman–Crippen LogP) is 3.60. The second-order valence-corrected chi connectivity index (χ2v) is 15.3. The van der Waals surface area contributed by atoms with Crippen LogP contribution in [0.3, 0.4) is 0 Å². The summed E-state index contributed by atoms with van der Waals surface area (Å²) in [6, 6.07) is 10.7. The average molecular weight is 748 g/mol. The molecule has 22 heteroatoms. The van der Waals surface area contributed by atoms with Crippen LogP contribution in [0.15, 0.2) is 79.9 Å². The number of carbonyl (C=O) groups is 2. The zero-order valence-corrected chi connectivity index (χ0v) is 27.5. The van der Waals surface area contributed by atoms with Crippen LogP contribution in [-0.2, 0) is 34.3 Å². The number of aromatic carboxylic acids is 1. The first-order valence-electron chi connectivity index (χ1n) is 13.2. The van der Waals surface area contributed by atoms with E-state index in [1.54, 1.807) is 0 Å². The third-order valence-corrected chi connectivity index (χ3v) is 10.2. The molecule has 0 radical (unpaired) electrons. The Morgan fingerprint density at radius 1 is 0.792 bits per heavy atom. The number of rotatable bonds is 16. The van der Waals surface area contributed by atoms with Crippen molar-refractivity contribution in [2.75, 3.05) is 36.3 Å². The molecular weight excluding hydrogens is 722 g/mol. The van der Waals surface area contributed by atoms with E-state index in [4.69, 9.17) is 16.2 Å². The van der Waals surface area contributed by atoms with E-state index in [-0.39, 0.29) is 45.8 Å². The van der Waals surface area contributed by atoms with Gasteiger partial charge in [-0.3, -0.25) is 9.35 Å². The number of alkyl halides is 1. The van der Waals surface area contributed by atoms with E-state index in [0.717, 1.165) is 18.2 Å². The van der Waals surface area contributed by atoms with Crippen molar-refractivity contribution in [2.45, 2.75) is 4.90 Å². The SMILES string of the molecule is O=C(NCCS(=O)(=O)CCCl)c1ccc(N=Nc2c(O)cc(C(=O)O)c(N=Nc3ccc(S(=O)(=O)CCOS(=O)(=O)O)cc3)c2O)cc1. The number of carboxylic acid groups (broad SMARTS) is 1. The van der Waals surface area contributed by atoms with Gasteiger partial charge in [0.25, 0.3) is 5.91 Å². The van der Waals surface area contributed by atoms with Crippen molar-refractivity contribution in [3.63, 3.8) is 0 Å². The molecule has 3 rings (SSSR count). The van der Waals surface area contributed by atoms with E-state index < -0.39 is 82.7 Å². The van der Waals surface area contributed by atoms with Gasteiger partial charge in [-0.2, -0.15) is 18.6 Å². The van der Waals surface area contributed by atoms with Crippen LogP contribution in [0.25, 0.3) is 0 Å². The molecule has 0 atom stereocenters. The van der Waals surface area contributed by atoms with Gasteiger partial charge in [-0.25, -0.2) is 25.8 Å². The minimum absolute atomic E-state index is 0.00358. The topological polar surface area (TPSA) is 288 Å². The van der Waals surface area contributed by atoms with E-state index in [1.165, 1.54) is 36.4 Å². The molecule has 0 saturated heterocycles. The quantitative estimate of drug-likeness (QED) is 0.0796. The zero-order valence-electron chi connectivity index (χ0n) is 24.3. The van der Waals surface area contributed by atoms with Crippen LogP contribution >= 0.6 is 11.6 Å². The summed E-state index contributed by atoms with van der Waals surface area (Å²) in [5.74, 6) is -5.20. The molecular formula is C26H26ClN5O13S3. The molecule has 3 aromatic carbocycles. The Morgan fingerprint density at radius 3 is 1.90 bits per heavy atom. The normalized spacial score (nSPS) is 12.5. The number of carboxylic acids is 1. The van der Waals surface area contributed by atoms with Crippen molar-refractivity contribution in [1.29, 1.82) is 0 Å². The lowest BCUT2D eigenvalue weighted by Gasteiger charge is -2.08. The van der Waals surface area contributed by atoms with Gasteiger partial charge in [0.05, 0.1) is 45.7 Å². The maximum absolute atomic E-state index is 12.3. The van der Waals surface area contributed by atoms with Crippen LogP contribution in [0.2, 0.25) is 0 Å². The number of hydrogen-bond acceptors (Lipinski definition) is 15. The van der Waals surface area contributed by atoms with Gasteiger partial charge in [-0.15, -0.1) is 21.8 Å². The predicted molar refractivity (Wildman–Crippen MR) is 169 cm³/mol. The number of nitrogens with one attached hydrogen (secondary N) is 1. The number of azo groups is 2. The van der Waals surface area contributed by atoms with Crippen LogP contribution in [-0.4, -0.2) is 93.3 Å². The number of sulfone groups is 2. The molecule has 5 N–H and O–H groups in total. The molecule has 0 fully saturated rings. The molecule has 258 valence electrons. The zero-order chi connectivity index (χ0) is 35.7. The van der Waals surface area contributed by atoms with Gasteiger partial charge < -0.3 is 20.6 Å². The molecule has 48 heavy (non-hydrogen) atoms. The molecule has 18 nitrogen and oxygen atoms in total. The van der Waals surface area contributed by atoms with E-state index in [2.05, 4.69) is 30.0 Å². The molecule has 3 aromatic rings. The van der Waals surface area contributed by atoms with Crippen LogP contribution < -0.4 is 5.32 Å². The molecule has 0 aliphatic heterocycles. The van der Waals surface area contributed by atoms with Gasteiger partial charge in [0.15, 0.2) is 31.1 Å². The highest BCUT2D eigenvalue weighted by Crippen LogP contribution is 2.46. The number of halogens is 1. The first kappa shape index (κ1) is 37.9. The van der Waals surface area contributed by atoms with E-state index >= 15 is 0 Å². The molecule has 0 aliphatic carbocycles. The van der Waals surface area contributed by atoms with Crippen molar-refractivity contribution in [3.8, 4) is 11.5 Å². The summed E-state index contributed by atoms with van der Waals surface area (Å²) in [7, 11) is -12.3. The Balaban J connectivity index is 1.78. The summed E-state index contributed by atoms with van der Waals surface area (Å²) in [6.45, 7) is -0.968. The van der Waals surface area contributed by atoms with E-state index in [1.807, 2.05) is 0 Å². The molecule has 0 aliphatic rings. The number of phenolic OH excluding ortho intramolecular Hbond substituents is 2. The Hall–Kier alpha value is -4.54. The Bertz CT molecular complexity index is 2050. The summed E-state index contributed by atoms with van der Waals surface area (Å²) in [5, 5.41) is 48.3. The first-order chi connectivity index (χ1) is 22.4. The van der Waals surface area contributed by atoms with Crippen molar-refractivity contribution in [2.24, 2.45) is 20.5 Å². The van der Waals surface area contributed by atoms with Crippen LogP contribution in [0.5, 0.6) is 11.5 Å². The number of amides is 1. The lowest BCUT2D eigenvalue weighted by atomic mass is 10.1. The van der Waals surface area contributed by atoms with Crippen LogP contribution in [0.4, 0.5) is 22.7 Å². The number of phenols is 2.